The Kier molecular flexibility index (Phi) is 53.2. The van der Waals surface area contributed by atoms with E-state index in [1.807, 2.05) is 6.08 Å². The third-order valence-electron chi connectivity index (χ3n) is 13.4. The maximum absolute atomic E-state index is 12.4. The second-order valence-corrected chi connectivity index (χ2v) is 19.7. The van der Waals surface area contributed by atoms with Crippen LogP contribution in [0, 0.1) is 0 Å². The van der Waals surface area contributed by atoms with Gasteiger partial charge < -0.3 is 15.5 Å². The molecule has 0 saturated heterocycles. The predicted octanol–water partition coefficient (Wildman–Crippen LogP) is 18.7. The van der Waals surface area contributed by atoms with E-state index in [1.165, 1.54) is 270 Å². The fourth-order valence-electron chi connectivity index (χ4n) is 9.08. The van der Waals surface area contributed by atoms with E-state index in [0.29, 0.717) is 6.42 Å². The highest BCUT2D eigenvalue weighted by molar-refractivity contribution is 5.76. The summed E-state index contributed by atoms with van der Waals surface area (Å²) in [6.45, 7) is 4.31. The molecule has 4 heteroatoms. The number of rotatable bonds is 53. The third kappa shape index (κ3) is 49.9. The fraction of sp³-hybridized carbons (Fsp3) is 0.914. The van der Waals surface area contributed by atoms with Crippen molar-refractivity contribution < 1.29 is 15.0 Å². The van der Waals surface area contributed by atoms with Crippen LogP contribution in [0.4, 0.5) is 0 Å². The summed E-state index contributed by atoms with van der Waals surface area (Å²) in [6.07, 6.45) is 72.3. The zero-order valence-corrected chi connectivity index (χ0v) is 42.4. The first-order valence-electron chi connectivity index (χ1n) is 28.6. The van der Waals surface area contributed by atoms with Gasteiger partial charge in [-0.3, -0.25) is 4.79 Å². The Balaban J connectivity index is 3.35. The molecular weight excluding hydrogens is 759 g/mol. The van der Waals surface area contributed by atoms with E-state index < -0.39 is 12.1 Å². The summed E-state index contributed by atoms with van der Waals surface area (Å²) >= 11 is 0. The minimum Gasteiger partial charge on any atom is -0.394 e. The van der Waals surface area contributed by atoms with Gasteiger partial charge in [-0.15, -0.1) is 0 Å². The van der Waals surface area contributed by atoms with Gasteiger partial charge in [0.15, 0.2) is 0 Å². The van der Waals surface area contributed by atoms with Crippen LogP contribution in [-0.2, 0) is 4.79 Å². The average Bonchev–Trinajstić information content (AvgIpc) is 3.28. The van der Waals surface area contributed by atoms with Crippen molar-refractivity contribution in [3.05, 3.63) is 24.3 Å². The molecule has 368 valence electrons. The SMILES string of the molecule is CCCCCCCC/C=C/CC/C=C/C(O)C(CO)NC(=O)CCCCCCCCCCCCCCCCCCCCCCCCCCCCCCCCCCCCCCCC. The summed E-state index contributed by atoms with van der Waals surface area (Å²) in [6, 6.07) is -0.634. The van der Waals surface area contributed by atoms with Crippen LogP contribution in [0.3, 0.4) is 0 Å². The van der Waals surface area contributed by atoms with E-state index in [-0.39, 0.29) is 12.5 Å². The van der Waals surface area contributed by atoms with Crippen molar-refractivity contribution in [3.8, 4) is 0 Å². The minimum atomic E-state index is -0.858. The highest BCUT2D eigenvalue weighted by Crippen LogP contribution is 2.18. The Morgan fingerprint density at radius 2 is 0.629 bits per heavy atom. The molecule has 1 amide bonds. The van der Waals surface area contributed by atoms with Crippen molar-refractivity contribution in [2.24, 2.45) is 0 Å². The van der Waals surface area contributed by atoms with Gasteiger partial charge in [-0.2, -0.15) is 0 Å². The molecular formula is C58H113NO3. The van der Waals surface area contributed by atoms with Gasteiger partial charge in [0.05, 0.1) is 18.8 Å². The molecule has 0 saturated carbocycles. The number of aliphatic hydroxyl groups excluding tert-OH is 2. The van der Waals surface area contributed by atoms with Gasteiger partial charge in [0.2, 0.25) is 5.91 Å². The lowest BCUT2D eigenvalue weighted by atomic mass is 10.0. The molecule has 3 N–H and O–H groups in total. The number of unbranched alkanes of at least 4 members (excludes halogenated alkanes) is 44. The predicted molar refractivity (Wildman–Crippen MR) is 276 cm³/mol. The molecule has 0 fully saturated rings. The Hall–Kier alpha value is -1.13. The summed E-state index contributed by atoms with van der Waals surface area (Å²) in [4.78, 5) is 12.4. The molecule has 4 nitrogen and oxygen atoms in total. The van der Waals surface area contributed by atoms with Crippen molar-refractivity contribution in [1.29, 1.82) is 0 Å². The number of amides is 1. The number of hydrogen-bond acceptors (Lipinski definition) is 3. The van der Waals surface area contributed by atoms with E-state index in [1.54, 1.807) is 6.08 Å². The summed E-state index contributed by atoms with van der Waals surface area (Å²) in [7, 11) is 0. The molecule has 0 heterocycles. The van der Waals surface area contributed by atoms with E-state index in [9.17, 15) is 15.0 Å². The molecule has 2 atom stereocenters. The molecule has 2 unspecified atom stereocenters. The Labute approximate surface area is 389 Å². The zero-order valence-electron chi connectivity index (χ0n) is 42.4. The van der Waals surface area contributed by atoms with Crippen LogP contribution in [0.25, 0.3) is 0 Å². The van der Waals surface area contributed by atoms with Crippen LogP contribution in [0.5, 0.6) is 0 Å². The van der Waals surface area contributed by atoms with Gasteiger partial charge in [-0.25, -0.2) is 0 Å². The van der Waals surface area contributed by atoms with E-state index in [0.717, 1.165) is 32.1 Å². The molecule has 0 bridgehead atoms. The molecule has 0 aliphatic heterocycles. The van der Waals surface area contributed by atoms with Crippen LogP contribution >= 0.6 is 0 Å². The second kappa shape index (κ2) is 54.2. The van der Waals surface area contributed by atoms with E-state index in [4.69, 9.17) is 0 Å². The molecule has 0 aromatic rings. The van der Waals surface area contributed by atoms with E-state index in [2.05, 4.69) is 31.3 Å². The second-order valence-electron chi connectivity index (χ2n) is 19.7. The van der Waals surface area contributed by atoms with Crippen LogP contribution in [-0.4, -0.2) is 34.9 Å². The first-order chi connectivity index (χ1) is 30.7. The van der Waals surface area contributed by atoms with Crippen molar-refractivity contribution in [2.75, 3.05) is 6.61 Å². The molecule has 0 aromatic carbocycles. The summed E-state index contributed by atoms with van der Waals surface area (Å²) in [5.41, 5.74) is 0. The van der Waals surface area contributed by atoms with Gasteiger partial charge in [0.1, 0.15) is 0 Å². The molecule has 0 aliphatic carbocycles. The van der Waals surface area contributed by atoms with E-state index >= 15 is 0 Å². The quantitative estimate of drug-likeness (QED) is 0.0421. The highest BCUT2D eigenvalue weighted by Gasteiger charge is 2.18. The monoisotopic (exact) mass is 872 g/mol. The topological polar surface area (TPSA) is 69.6 Å². The molecule has 0 spiro atoms. The minimum absolute atomic E-state index is 0.0689. The van der Waals surface area contributed by atoms with Gasteiger partial charge in [0, 0.05) is 6.42 Å². The number of carbonyl (C=O) groups excluding carboxylic acids is 1. The van der Waals surface area contributed by atoms with Crippen molar-refractivity contribution in [1.82, 2.24) is 5.32 Å². The van der Waals surface area contributed by atoms with Crippen LogP contribution in [0.1, 0.15) is 322 Å². The van der Waals surface area contributed by atoms with Gasteiger partial charge >= 0.3 is 0 Å². The van der Waals surface area contributed by atoms with Gasteiger partial charge in [-0.05, 0) is 32.1 Å². The van der Waals surface area contributed by atoms with Crippen molar-refractivity contribution >= 4 is 5.91 Å². The maximum atomic E-state index is 12.4. The number of nitrogens with one attached hydrogen (secondary N) is 1. The van der Waals surface area contributed by atoms with Crippen LogP contribution in [0.2, 0.25) is 0 Å². The summed E-state index contributed by atoms with van der Waals surface area (Å²) in [5, 5.41) is 23.0. The molecule has 62 heavy (non-hydrogen) atoms. The zero-order chi connectivity index (χ0) is 44.9. The van der Waals surface area contributed by atoms with Crippen LogP contribution < -0.4 is 5.32 Å². The molecule has 0 aliphatic rings. The normalized spacial score (nSPS) is 12.9. The number of allylic oxidation sites excluding steroid dienone is 3. The first-order valence-corrected chi connectivity index (χ1v) is 28.6. The van der Waals surface area contributed by atoms with Gasteiger partial charge in [0.25, 0.3) is 0 Å². The lowest BCUT2D eigenvalue weighted by Crippen LogP contribution is -2.45. The largest absolute Gasteiger partial charge is 0.394 e. The number of carbonyl (C=O) groups is 1. The lowest BCUT2D eigenvalue weighted by molar-refractivity contribution is -0.123. The first kappa shape index (κ1) is 60.9. The Bertz CT molecular complexity index is 901. The molecule has 0 rings (SSSR count). The standard InChI is InChI=1S/C58H113NO3/c1-3-5-7-9-11-13-15-17-18-19-20-21-22-23-24-25-26-27-28-29-30-31-32-33-34-35-36-37-38-39-40-41-42-44-46-48-50-52-54-58(62)59-56(55-60)57(61)53-51-49-47-45-43-16-14-12-10-8-6-4-2/h43,45,51,53,56-57,60-61H,3-42,44,46-50,52,54-55H2,1-2H3,(H,59,62)/b45-43+,53-51+. The fourth-order valence-corrected chi connectivity index (χ4v) is 9.08. The number of hydrogen-bond donors (Lipinski definition) is 3. The third-order valence-corrected chi connectivity index (χ3v) is 13.4. The Morgan fingerprint density at radius 1 is 0.371 bits per heavy atom. The maximum Gasteiger partial charge on any atom is 0.220 e. The van der Waals surface area contributed by atoms with Crippen molar-refractivity contribution in [3.63, 3.8) is 0 Å². The van der Waals surface area contributed by atoms with Crippen LogP contribution in [0.15, 0.2) is 24.3 Å². The molecule has 0 radical (unpaired) electrons. The Morgan fingerprint density at radius 3 is 0.935 bits per heavy atom. The highest BCUT2D eigenvalue weighted by atomic mass is 16.3. The smallest absolute Gasteiger partial charge is 0.220 e. The number of aliphatic hydroxyl groups is 2. The molecule has 0 aromatic heterocycles. The average molecular weight is 873 g/mol. The van der Waals surface area contributed by atoms with Crippen molar-refractivity contribution in [2.45, 2.75) is 334 Å². The van der Waals surface area contributed by atoms with Gasteiger partial charge in [-0.1, -0.05) is 308 Å². The summed E-state index contributed by atoms with van der Waals surface area (Å²) in [5.74, 6) is -0.0689. The lowest BCUT2D eigenvalue weighted by Gasteiger charge is -2.19. The summed E-state index contributed by atoms with van der Waals surface area (Å²) < 4.78 is 0.